The van der Waals surface area contributed by atoms with Crippen LogP contribution in [0.3, 0.4) is 0 Å². The Labute approximate surface area is 148 Å². The van der Waals surface area contributed by atoms with Gasteiger partial charge in [0, 0.05) is 31.7 Å². The molecule has 7 nitrogen and oxygen atoms in total. The van der Waals surface area contributed by atoms with Crippen molar-refractivity contribution in [2.45, 2.75) is 6.42 Å². The van der Waals surface area contributed by atoms with Gasteiger partial charge in [0.25, 0.3) is 0 Å². The van der Waals surface area contributed by atoms with Crippen molar-refractivity contribution in [2.24, 2.45) is 13.0 Å². The molecule has 8 heteroatoms. The summed E-state index contributed by atoms with van der Waals surface area (Å²) in [4.78, 5) is 19.2. The highest BCUT2D eigenvalue weighted by Crippen LogP contribution is 2.31. The van der Waals surface area contributed by atoms with Gasteiger partial charge in [-0.3, -0.25) is 9.48 Å². The number of carbonyl (C=O) groups is 1. The van der Waals surface area contributed by atoms with E-state index in [9.17, 15) is 4.79 Å². The number of amides is 1. The SMILES string of the molecule is Cn1ncc2cc(-c3cnc(NC(=O)C4CCN(C#N)C4)s3)ccc21. The molecule has 0 spiro atoms. The molecule has 0 aliphatic carbocycles. The number of nitriles is 1. The van der Waals surface area contributed by atoms with E-state index in [4.69, 9.17) is 5.26 Å². The van der Waals surface area contributed by atoms with Crippen LogP contribution in [0.15, 0.2) is 30.6 Å². The fourth-order valence-corrected chi connectivity index (χ4v) is 3.87. The Hall–Kier alpha value is -2.92. The molecule has 1 aliphatic rings. The highest BCUT2D eigenvalue weighted by Gasteiger charge is 2.28. The van der Waals surface area contributed by atoms with Crippen LogP contribution in [0.4, 0.5) is 5.13 Å². The summed E-state index contributed by atoms with van der Waals surface area (Å²) in [5.74, 6) is -0.222. The van der Waals surface area contributed by atoms with Crippen molar-refractivity contribution in [3.63, 3.8) is 0 Å². The molecule has 4 rings (SSSR count). The van der Waals surface area contributed by atoms with Crippen LogP contribution in [0.2, 0.25) is 0 Å². The third-order valence-electron chi connectivity index (χ3n) is 4.47. The van der Waals surface area contributed by atoms with Gasteiger partial charge in [0.15, 0.2) is 11.3 Å². The van der Waals surface area contributed by atoms with E-state index in [0.29, 0.717) is 24.6 Å². The second-order valence-electron chi connectivity index (χ2n) is 6.09. The number of carbonyl (C=O) groups excluding carboxylic acids is 1. The summed E-state index contributed by atoms with van der Waals surface area (Å²) in [5.41, 5.74) is 2.13. The number of aryl methyl sites for hydroxylation is 1. The average molecular weight is 352 g/mol. The zero-order valence-electron chi connectivity index (χ0n) is 13.6. The Morgan fingerprint density at radius 2 is 2.32 bits per heavy atom. The first-order valence-electron chi connectivity index (χ1n) is 7.97. The molecule has 1 aliphatic heterocycles. The number of benzene rings is 1. The summed E-state index contributed by atoms with van der Waals surface area (Å²) < 4.78 is 1.84. The van der Waals surface area contributed by atoms with E-state index in [0.717, 1.165) is 21.3 Å². The molecule has 1 N–H and O–H groups in total. The highest BCUT2D eigenvalue weighted by atomic mass is 32.1. The monoisotopic (exact) mass is 352 g/mol. The molecule has 0 bridgehead atoms. The first-order valence-corrected chi connectivity index (χ1v) is 8.79. The normalized spacial score (nSPS) is 17.0. The average Bonchev–Trinajstić information content (AvgIpc) is 3.34. The van der Waals surface area contributed by atoms with Gasteiger partial charge in [0.1, 0.15) is 0 Å². The Kier molecular flexibility index (Phi) is 3.86. The number of nitrogens with zero attached hydrogens (tertiary/aromatic N) is 5. The lowest BCUT2D eigenvalue weighted by Crippen LogP contribution is -2.25. The Balaban J connectivity index is 1.49. The molecule has 1 fully saturated rings. The van der Waals surface area contributed by atoms with Gasteiger partial charge in [-0.2, -0.15) is 10.4 Å². The minimum absolute atomic E-state index is 0.0682. The van der Waals surface area contributed by atoms with Gasteiger partial charge in [0.05, 0.1) is 22.5 Å². The van der Waals surface area contributed by atoms with Crippen molar-refractivity contribution in [3.8, 4) is 16.6 Å². The largest absolute Gasteiger partial charge is 0.310 e. The smallest absolute Gasteiger partial charge is 0.231 e. The van der Waals surface area contributed by atoms with Crippen LogP contribution in [0.1, 0.15) is 6.42 Å². The predicted octanol–water partition coefficient (Wildman–Crippen LogP) is 2.44. The third kappa shape index (κ3) is 2.94. The van der Waals surface area contributed by atoms with Crippen LogP contribution in [-0.4, -0.2) is 38.7 Å². The van der Waals surface area contributed by atoms with Crippen molar-refractivity contribution in [1.82, 2.24) is 19.7 Å². The summed E-state index contributed by atoms with van der Waals surface area (Å²) >= 11 is 1.45. The summed E-state index contributed by atoms with van der Waals surface area (Å²) in [5, 5.41) is 17.7. The molecule has 0 radical (unpaired) electrons. The van der Waals surface area contributed by atoms with E-state index in [-0.39, 0.29) is 11.8 Å². The quantitative estimate of drug-likeness (QED) is 0.732. The standard InChI is InChI=1S/C17H16N6OS/c1-22-14-3-2-11(6-13(14)7-20-22)15-8-19-17(25-15)21-16(24)12-4-5-23(9-12)10-18/h2-3,6-8,12H,4-5,9H2,1H3,(H,19,21,24). The number of rotatable bonds is 3. The minimum atomic E-state index is -0.154. The molecule has 1 saturated heterocycles. The first kappa shape index (κ1) is 15.6. The van der Waals surface area contributed by atoms with E-state index in [1.54, 1.807) is 11.1 Å². The number of thiazole rings is 1. The van der Waals surface area contributed by atoms with Gasteiger partial charge < -0.3 is 10.2 Å². The second kappa shape index (κ2) is 6.18. The Morgan fingerprint density at radius 1 is 1.44 bits per heavy atom. The Bertz CT molecular complexity index is 985. The maximum Gasteiger partial charge on any atom is 0.231 e. The van der Waals surface area contributed by atoms with Crippen LogP contribution in [0.5, 0.6) is 0 Å². The molecule has 126 valence electrons. The fourth-order valence-electron chi connectivity index (χ4n) is 3.05. The van der Waals surface area contributed by atoms with Gasteiger partial charge in [-0.05, 0) is 24.1 Å². The number of hydrogen-bond donors (Lipinski definition) is 1. The molecule has 1 amide bonds. The lowest BCUT2D eigenvalue weighted by molar-refractivity contribution is -0.119. The number of anilines is 1. The third-order valence-corrected chi connectivity index (χ3v) is 5.43. The Morgan fingerprint density at radius 3 is 3.12 bits per heavy atom. The highest BCUT2D eigenvalue weighted by molar-refractivity contribution is 7.19. The predicted molar refractivity (Wildman–Crippen MR) is 95.7 cm³/mol. The minimum Gasteiger partial charge on any atom is -0.310 e. The topological polar surface area (TPSA) is 86.8 Å². The molecule has 1 aromatic carbocycles. The zero-order chi connectivity index (χ0) is 17.4. The lowest BCUT2D eigenvalue weighted by atomic mass is 10.1. The van der Waals surface area contributed by atoms with Crippen molar-refractivity contribution in [2.75, 3.05) is 18.4 Å². The van der Waals surface area contributed by atoms with Gasteiger partial charge in [0.2, 0.25) is 5.91 Å². The van der Waals surface area contributed by atoms with Crippen LogP contribution < -0.4 is 5.32 Å². The van der Waals surface area contributed by atoms with E-state index in [2.05, 4.69) is 27.7 Å². The maximum absolute atomic E-state index is 12.3. The van der Waals surface area contributed by atoms with E-state index < -0.39 is 0 Å². The fraction of sp³-hybridized carbons (Fsp3) is 0.294. The second-order valence-corrected chi connectivity index (χ2v) is 7.12. The molecule has 3 aromatic rings. The number of nitrogens with one attached hydrogen (secondary N) is 1. The van der Waals surface area contributed by atoms with Gasteiger partial charge >= 0.3 is 0 Å². The van der Waals surface area contributed by atoms with Crippen molar-refractivity contribution < 1.29 is 4.79 Å². The summed E-state index contributed by atoms with van der Waals surface area (Å²) in [6, 6.07) is 6.14. The van der Waals surface area contributed by atoms with Crippen LogP contribution >= 0.6 is 11.3 Å². The number of aromatic nitrogens is 3. The van der Waals surface area contributed by atoms with E-state index in [1.165, 1.54) is 11.3 Å². The molecule has 25 heavy (non-hydrogen) atoms. The molecule has 1 atom stereocenters. The molecule has 0 saturated carbocycles. The number of hydrogen-bond acceptors (Lipinski definition) is 6. The summed E-state index contributed by atoms with van der Waals surface area (Å²) in [6.07, 6.45) is 6.40. The first-order chi connectivity index (χ1) is 12.1. The maximum atomic E-state index is 12.3. The van der Waals surface area contributed by atoms with Crippen LogP contribution in [-0.2, 0) is 11.8 Å². The van der Waals surface area contributed by atoms with Gasteiger partial charge in [-0.25, -0.2) is 4.98 Å². The van der Waals surface area contributed by atoms with Gasteiger partial charge in [-0.15, -0.1) is 0 Å². The van der Waals surface area contributed by atoms with Crippen molar-refractivity contribution in [1.29, 1.82) is 5.26 Å². The zero-order valence-corrected chi connectivity index (χ0v) is 14.5. The van der Waals surface area contributed by atoms with Crippen LogP contribution in [0, 0.1) is 17.4 Å². The summed E-state index contributed by atoms with van der Waals surface area (Å²) in [7, 11) is 1.92. The molecule has 3 heterocycles. The van der Waals surface area contributed by atoms with Crippen molar-refractivity contribution in [3.05, 3.63) is 30.6 Å². The number of fused-ring (bicyclic) bond motifs is 1. The van der Waals surface area contributed by atoms with E-state index >= 15 is 0 Å². The van der Waals surface area contributed by atoms with E-state index in [1.807, 2.05) is 30.1 Å². The number of likely N-dealkylation sites (tertiary alicyclic amines) is 1. The molecule has 1 unspecified atom stereocenters. The summed E-state index contributed by atoms with van der Waals surface area (Å²) in [6.45, 7) is 1.13. The lowest BCUT2D eigenvalue weighted by Gasteiger charge is -2.08. The molecule has 2 aromatic heterocycles. The molecular formula is C17H16N6OS. The van der Waals surface area contributed by atoms with Crippen molar-refractivity contribution >= 4 is 33.3 Å². The van der Waals surface area contributed by atoms with Gasteiger partial charge in [-0.1, -0.05) is 17.4 Å². The van der Waals surface area contributed by atoms with Crippen LogP contribution in [0.25, 0.3) is 21.3 Å². The molecular weight excluding hydrogens is 336 g/mol.